The molecule has 158 valence electrons. The van der Waals surface area contributed by atoms with Crippen LogP contribution in [0.5, 0.6) is 0 Å². The highest BCUT2D eigenvalue weighted by atomic mass is 16.2. The molecule has 1 atom stereocenters. The molecule has 2 aromatic carbocycles. The number of urea groups is 1. The molecule has 1 heterocycles. The van der Waals surface area contributed by atoms with Gasteiger partial charge in [-0.25, -0.2) is 4.79 Å². The van der Waals surface area contributed by atoms with Crippen LogP contribution in [0, 0.1) is 5.92 Å². The molecule has 0 saturated carbocycles. The van der Waals surface area contributed by atoms with Crippen molar-refractivity contribution in [1.29, 1.82) is 0 Å². The van der Waals surface area contributed by atoms with Crippen LogP contribution in [0.25, 0.3) is 0 Å². The van der Waals surface area contributed by atoms with E-state index in [2.05, 4.69) is 16.0 Å². The number of anilines is 2. The molecule has 7 nitrogen and oxygen atoms in total. The monoisotopic (exact) mass is 408 g/mol. The number of nitrogens with zero attached hydrogens (tertiary/aromatic N) is 1. The lowest BCUT2D eigenvalue weighted by atomic mass is 9.97. The number of rotatable bonds is 5. The van der Waals surface area contributed by atoms with E-state index in [4.69, 9.17) is 0 Å². The number of amides is 4. The molecule has 1 unspecified atom stereocenters. The van der Waals surface area contributed by atoms with Crippen molar-refractivity contribution in [3.05, 3.63) is 60.2 Å². The number of para-hydroxylation sites is 1. The van der Waals surface area contributed by atoms with Crippen LogP contribution in [-0.2, 0) is 4.79 Å². The Balaban J connectivity index is 1.55. The summed E-state index contributed by atoms with van der Waals surface area (Å²) in [6.45, 7) is 4.81. The molecule has 1 aliphatic rings. The Morgan fingerprint density at radius 2 is 1.60 bits per heavy atom. The van der Waals surface area contributed by atoms with Crippen LogP contribution in [-0.4, -0.2) is 41.9 Å². The predicted molar refractivity (Wildman–Crippen MR) is 117 cm³/mol. The summed E-state index contributed by atoms with van der Waals surface area (Å²) in [5.41, 5.74) is 1.91. The SMILES string of the molecule is CC(C)NC(=O)c1ccc(NC(=O)C2CCCN(C(=O)Nc3ccccc3)C2)cc1. The molecule has 7 heteroatoms. The first kappa shape index (κ1) is 21.4. The van der Waals surface area contributed by atoms with Gasteiger partial charge in [-0.15, -0.1) is 0 Å². The second-order valence-electron chi connectivity index (χ2n) is 7.78. The molecule has 2 aromatic rings. The first-order valence-electron chi connectivity index (χ1n) is 10.2. The summed E-state index contributed by atoms with van der Waals surface area (Å²) < 4.78 is 0. The van der Waals surface area contributed by atoms with E-state index < -0.39 is 0 Å². The maximum absolute atomic E-state index is 12.7. The van der Waals surface area contributed by atoms with Crippen molar-refractivity contribution in [2.75, 3.05) is 23.7 Å². The molecule has 0 aliphatic carbocycles. The molecule has 0 bridgehead atoms. The zero-order chi connectivity index (χ0) is 21.5. The summed E-state index contributed by atoms with van der Waals surface area (Å²) in [7, 11) is 0. The molecule has 0 aromatic heterocycles. The largest absolute Gasteiger partial charge is 0.350 e. The van der Waals surface area contributed by atoms with Crippen molar-refractivity contribution >= 4 is 29.2 Å². The van der Waals surface area contributed by atoms with Gasteiger partial charge in [-0.05, 0) is 63.1 Å². The van der Waals surface area contributed by atoms with E-state index in [-0.39, 0.29) is 29.8 Å². The molecule has 0 radical (unpaired) electrons. The predicted octanol–water partition coefficient (Wildman–Crippen LogP) is 3.71. The maximum atomic E-state index is 12.7. The van der Waals surface area contributed by atoms with Crippen molar-refractivity contribution in [1.82, 2.24) is 10.2 Å². The maximum Gasteiger partial charge on any atom is 0.321 e. The summed E-state index contributed by atoms with van der Waals surface area (Å²) in [4.78, 5) is 38.9. The minimum atomic E-state index is -0.274. The van der Waals surface area contributed by atoms with Gasteiger partial charge >= 0.3 is 6.03 Å². The minimum Gasteiger partial charge on any atom is -0.350 e. The Bertz CT molecular complexity index is 881. The zero-order valence-corrected chi connectivity index (χ0v) is 17.4. The lowest BCUT2D eigenvalue weighted by Crippen LogP contribution is -2.45. The van der Waals surface area contributed by atoms with Crippen LogP contribution >= 0.6 is 0 Å². The number of nitrogens with one attached hydrogen (secondary N) is 3. The van der Waals surface area contributed by atoms with Crippen LogP contribution in [0.3, 0.4) is 0 Å². The molecule has 1 aliphatic heterocycles. The standard InChI is InChI=1S/C23H28N4O3/c1-16(2)24-21(28)17-10-12-20(13-11-17)25-22(29)18-7-6-14-27(15-18)23(30)26-19-8-4-3-5-9-19/h3-5,8-13,16,18H,6-7,14-15H2,1-2H3,(H,24,28)(H,25,29)(H,26,30). The summed E-state index contributed by atoms with van der Waals surface area (Å²) in [6, 6.07) is 15.9. The van der Waals surface area contributed by atoms with Crippen molar-refractivity contribution in [2.24, 2.45) is 5.92 Å². The van der Waals surface area contributed by atoms with E-state index in [9.17, 15) is 14.4 Å². The molecule has 1 saturated heterocycles. The van der Waals surface area contributed by atoms with Gasteiger partial charge in [-0.2, -0.15) is 0 Å². The Hall–Kier alpha value is -3.35. The Morgan fingerprint density at radius 1 is 0.933 bits per heavy atom. The highest BCUT2D eigenvalue weighted by Gasteiger charge is 2.28. The normalized spacial score (nSPS) is 16.1. The van der Waals surface area contributed by atoms with E-state index in [1.165, 1.54) is 0 Å². The van der Waals surface area contributed by atoms with Gasteiger partial charge in [0, 0.05) is 36.1 Å². The average Bonchev–Trinajstić information content (AvgIpc) is 2.74. The molecule has 3 N–H and O–H groups in total. The van der Waals surface area contributed by atoms with E-state index in [0.29, 0.717) is 24.3 Å². The second kappa shape index (κ2) is 9.91. The fourth-order valence-corrected chi connectivity index (χ4v) is 3.39. The third-order valence-electron chi connectivity index (χ3n) is 4.94. The molecule has 1 fully saturated rings. The van der Waals surface area contributed by atoms with Gasteiger partial charge in [-0.3, -0.25) is 9.59 Å². The average molecular weight is 409 g/mol. The van der Waals surface area contributed by atoms with Crippen LogP contribution in [0.4, 0.5) is 16.2 Å². The number of hydrogen-bond donors (Lipinski definition) is 3. The Morgan fingerprint density at radius 3 is 2.27 bits per heavy atom. The van der Waals surface area contributed by atoms with E-state index in [1.807, 2.05) is 44.2 Å². The zero-order valence-electron chi connectivity index (χ0n) is 17.4. The highest BCUT2D eigenvalue weighted by molar-refractivity contribution is 5.97. The van der Waals surface area contributed by atoms with Crippen molar-refractivity contribution in [3.63, 3.8) is 0 Å². The number of hydrogen-bond acceptors (Lipinski definition) is 3. The smallest absolute Gasteiger partial charge is 0.321 e. The number of carbonyl (C=O) groups excluding carboxylic acids is 3. The first-order valence-corrected chi connectivity index (χ1v) is 10.2. The van der Waals surface area contributed by atoms with Gasteiger partial charge in [0.05, 0.1) is 5.92 Å². The lowest BCUT2D eigenvalue weighted by molar-refractivity contribution is -0.121. The second-order valence-corrected chi connectivity index (χ2v) is 7.78. The highest BCUT2D eigenvalue weighted by Crippen LogP contribution is 2.20. The molecule has 3 rings (SSSR count). The number of piperidine rings is 1. The third-order valence-corrected chi connectivity index (χ3v) is 4.94. The third kappa shape index (κ3) is 5.83. The summed E-state index contributed by atoms with van der Waals surface area (Å²) in [6.07, 6.45) is 1.50. The molecule has 0 spiro atoms. The summed E-state index contributed by atoms with van der Waals surface area (Å²) in [5.74, 6) is -0.536. The van der Waals surface area contributed by atoms with Crippen molar-refractivity contribution in [2.45, 2.75) is 32.7 Å². The fraction of sp³-hybridized carbons (Fsp3) is 0.348. The van der Waals surface area contributed by atoms with Gasteiger partial charge in [0.2, 0.25) is 5.91 Å². The number of likely N-dealkylation sites (tertiary alicyclic amines) is 1. The topological polar surface area (TPSA) is 90.5 Å². The fourth-order valence-electron chi connectivity index (χ4n) is 3.39. The van der Waals surface area contributed by atoms with Crippen molar-refractivity contribution in [3.8, 4) is 0 Å². The molecule has 4 amide bonds. The molecular weight excluding hydrogens is 380 g/mol. The van der Waals surface area contributed by atoms with Gasteiger partial charge in [-0.1, -0.05) is 18.2 Å². The summed E-state index contributed by atoms with van der Waals surface area (Å²) >= 11 is 0. The Kier molecular flexibility index (Phi) is 7.06. The van der Waals surface area contributed by atoms with Crippen molar-refractivity contribution < 1.29 is 14.4 Å². The van der Waals surface area contributed by atoms with Crippen LogP contribution in [0.1, 0.15) is 37.0 Å². The number of carbonyl (C=O) groups is 3. The van der Waals surface area contributed by atoms with E-state index in [0.717, 1.165) is 18.5 Å². The van der Waals surface area contributed by atoms with Crippen LogP contribution in [0.15, 0.2) is 54.6 Å². The molecule has 30 heavy (non-hydrogen) atoms. The van der Waals surface area contributed by atoms with E-state index >= 15 is 0 Å². The summed E-state index contributed by atoms with van der Waals surface area (Å²) in [5, 5.41) is 8.60. The van der Waals surface area contributed by atoms with Gasteiger partial charge in [0.15, 0.2) is 0 Å². The van der Waals surface area contributed by atoms with Gasteiger partial charge in [0.25, 0.3) is 5.91 Å². The first-order chi connectivity index (χ1) is 14.4. The van der Waals surface area contributed by atoms with Crippen LogP contribution in [0.2, 0.25) is 0 Å². The van der Waals surface area contributed by atoms with E-state index in [1.54, 1.807) is 29.2 Å². The van der Waals surface area contributed by atoms with Crippen LogP contribution < -0.4 is 16.0 Å². The van der Waals surface area contributed by atoms with Gasteiger partial charge in [0.1, 0.15) is 0 Å². The Labute approximate surface area is 176 Å². The number of benzene rings is 2. The molecular formula is C23H28N4O3. The van der Waals surface area contributed by atoms with Gasteiger partial charge < -0.3 is 20.9 Å². The quantitative estimate of drug-likeness (QED) is 0.704. The minimum absolute atomic E-state index is 0.0604. The lowest BCUT2D eigenvalue weighted by Gasteiger charge is -2.32.